The van der Waals surface area contributed by atoms with Gasteiger partial charge in [-0.2, -0.15) is 0 Å². The molecule has 0 atom stereocenters. The molecule has 2 aliphatic carbocycles. The molecule has 0 aliphatic heterocycles. The number of hydrogen-bond acceptors (Lipinski definition) is 1. The molecule has 2 fully saturated rings. The number of benzene rings is 1. The maximum absolute atomic E-state index is 3.62. The molecule has 1 heteroatoms. The fourth-order valence-electron chi connectivity index (χ4n) is 3.48. The Balaban J connectivity index is 1.33. The summed E-state index contributed by atoms with van der Waals surface area (Å²) in [5, 5.41) is 3.62. The third-order valence-electron chi connectivity index (χ3n) is 5.22. The van der Waals surface area contributed by atoms with Gasteiger partial charge < -0.3 is 5.32 Å². The van der Waals surface area contributed by atoms with E-state index in [0.717, 1.165) is 24.3 Å². The van der Waals surface area contributed by atoms with Crippen molar-refractivity contribution in [2.24, 2.45) is 11.8 Å². The van der Waals surface area contributed by atoms with E-state index in [2.05, 4.69) is 36.5 Å². The Bertz CT molecular complexity index is 396. The van der Waals surface area contributed by atoms with Crippen molar-refractivity contribution in [1.29, 1.82) is 0 Å². The standard InChI is InChI=1S/C19H29N/c1-15-2-4-16(5-3-15)12-13-20-14-17-6-8-18(9-7-17)19-10-11-19/h6-9,15-16,19-20H,2-5,10-14H2,1H3. The molecule has 20 heavy (non-hydrogen) atoms. The molecule has 0 amide bonds. The van der Waals surface area contributed by atoms with Crippen molar-refractivity contribution >= 4 is 0 Å². The second kappa shape index (κ2) is 6.76. The van der Waals surface area contributed by atoms with Crippen LogP contribution in [0.5, 0.6) is 0 Å². The summed E-state index contributed by atoms with van der Waals surface area (Å²) in [6.45, 7) is 4.62. The van der Waals surface area contributed by atoms with Crippen LogP contribution in [0.1, 0.15) is 68.9 Å². The molecule has 0 aromatic heterocycles. The average Bonchev–Trinajstić information content (AvgIpc) is 3.31. The van der Waals surface area contributed by atoms with Crippen molar-refractivity contribution in [2.45, 2.75) is 64.3 Å². The van der Waals surface area contributed by atoms with E-state index in [-0.39, 0.29) is 0 Å². The van der Waals surface area contributed by atoms with Crippen LogP contribution >= 0.6 is 0 Å². The van der Waals surface area contributed by atoms with Crippen molar-refractivity contribution in [3.63, 3.8) is 0 Å². The van der Waals surface area contributed by atoms with Gasteiger partial charge in [0.05, 0.1) is 0 Å². The molecule has 3 rings (SSSR count). The van der Waals surface area contributed by atoms with E-state index in [1.165, 1.54) is 57.1 Å². The van der Waals surface area contributed by atoms with Crippen molar-refractivity contribution in [3.05, 3.63) is 35.4 Å². The molecule has 0 bridgehead atoms. The van der Waals surface area contributed by atoms with E-state index in [9.17, 15) is 0 Å². The minimum absolute atomic E-state index is 0.880. The number of nitrogens with one attached hydrogen (secondary N) is 1. The molecule has 0 radical (unpaired) electrons. The average molecular weight is 271 g/mol. The van der Waals surface area contributed by atoms with Gasteiger partial charge in [-0.25, -0.2) is 0 Å². The van der Waals surface area contributed by atoms with E-state index in [4.69, 9.17) is 0 Å². The molecule has 1 aromatic carbocycles. The SMILES string of the molecule is CC1CCC(CCNCc2ccc(C3CC3)cc2)CC1. The topological polar surface area (TPSA) is 12.0 Å². The Kier molecular flexibility index (Phi) is 4.77. The van der Waals surface area contributed by atoms with Crippen LogP contribution < -0.4 is 5.32 Å². The van der Waals surface area contributed by atoms with Gasteiger partial charge in [-0.3, -0.25) is 0 Å². The highest BCUT2D eigenvalue weighted by molar-refractivity contribution is 5.27. The summed E-state index contributed by atoms with van der Waals surface area (Å²) in [6, 6.07) is 9.28. The molecule has 0 unspecified atom stereocenters. The smallest absolute Gasteiger partial charge is 0.0205 e. The Labute approximate surface area is 124 Å². The first kappa shape index (κ1) is 14.1. The summed E-state index contributed by atoms with van der Waals surface area (Å²) in [5.74, 6) is 2.84. The van der Waals surface area contributed by atoms with Crippen LogP contribution in [-0.2, 0) is 6.54 Å². The molecule has 2 saturated carbocycles. The minimum Gasteiger partial charge on any atom is -0.313 e. The fraction of sp³-hybridized carbons (Fsp3) is 0.684. The van der Waals surface area contributed by atoms with Crippen LogP contribution in [0.25, 0.3) is 0 Å². The van der Waals surface area contributed by atoms with E-state index < -0.39 is 0 Å². The van der Waals surface area contributed by atoms with Gasteiger partial charge in [0.1, 0.15) is 0 Å². The van der Waals surface area contributed by atoms with Crippen LogP contribution in [0.3, 0.4) is 0 Å². The molecule has 0 spiro atoms. The van der Waals surface area contributed by atoms with Crippen molar-refractivity contribution < 1.29 is 0 Å². The fourth-order valence-corrected chi connectivity index (χ4v) is 3.48. The van der Waals surface area contributed by atoms with Gasteiger partial charge in [-0.1, -0.05) is 56.9 Å². The van der Waals surface area contributed by atoms with Gasteiger partial charge >= 0.3 is 0 Å². The molecule has 1 nitrogen and oxygen atoms in total. The highest BCUT2D eigenvalue weighted by Crippen LogP contribution is 2.39. The Morgan fingerprint density at radius 2 is 1.65 bits per heavy atom. The predicted molar refractivity (Wildman–Crippen MR) is 85.9 cm³/mol. The molecule has 0 saturated heterocycles. The summed E-state index contributed by atoms with van der Waals surface area (Å²) >= 11 is 0. The maximum Gasteiger partial charge on any atom is 0.0205 e. The van der Waals surface area contributed by atoms with Gasteiger partial charge in [0.15, 0.2) is 0 Å². The lowest BCUT2D eigenvalue weighted by atomic mass is 9.81. The summed E-state index contributed by atoms with van der Waals surface area (Å²) in [5.41, 5.74) is 2.98. The van der Waals surface area contributed by atoms with Gasteiger partial charge in [-0.05, 0) is 54.7 Å². The second-order valence-electron chi connectivity index (χ2n) is 7.11. The first-order chi connectivity index (χ1) is 9.81. The predicted octanol–water partition coefficient (Wildman–Crippen LogP) is 4.87. The zero-order valence-corrected chi connectivity index (χ0v) is 12.9. The third-order valence-corrected chi connectivity index (χ3v) is 5.22. The van der Waals surface area contributed by atoms with E-state index in [1.807, 2.05) is 0 Å². The van der Waals surface area contributed by atoms with Crippen molar-refractivity contribution in [1.82, 2.24) is 5.32 Å². The van der Waals surface area contributed by atoms with Crippen LogP contribution in [-0.4, -0.2) is 6.54 Å². The Morgan fingerprint density at radius 3 is 2.30 bits per heavy atom. The van der Waals surface area contributed by atoms with Crippen LogP contribution in [0.4, 0.5) is 0 Å². The lowest BCUT2D eigenvalue weighted by Gasteiger charge is -2.26. The molecule has 2 aliphatic rings. The van der Waals surface area contributed by atoms with Crippen molar-refractivity contribution in [2.75, 3.05) is 6.54 Å². The summed E-state index contributed by atoms with van der Waals surface area (Å²) < 4.78 is 0. The molecule has 0 heterocycles. The summed E-state index contributed by atoms with van der Waals surface area (Å²) in [7, 11) is 0. The zero-order valence-electron chi connectivity index (χ0n) is 12.9. The molecular weight excluding hydrogens is 242 g/mol. The van der Waals surface area contributed by atoms with Gasteiger partial charge in [-0.15, -0.1) is 0 Å². The van der Waals surface area contributed by atoms with Gasteiger partial charge in [0, 0.05) is 6.54 Å². The second-order valence-corrected chi connectivity index (χ2v) is 7.11. The monoisotopic (exact) mass is 271 g/mol. The summed E-state index contributed by atoms with van der Waals surface area (Å²) in [4.78, 5) is 0. The Morgan fingerprint density at radius 1 is 0.950 bits per heavy atom. The third kappa shape index (κ3) is 4.09. The van der Waals surface area contributed by atoms with Gasteiger partial charge in [0.25, 0.3) is 0 Å². The van der Waals surface area contributed by atoms with Crippen LogP contribution in [0.15, 0.2) is 24.3 Å². The van der Waals surface area contributed by atoms with Crippen LogP contribution in [0, 0.1) is 11.8 Å². The van der Waals surface area contributed by atoms with E-state index >= 15 is 0 Å². The number of hydrogen-bond donors (Lipinski definition) is 1. The Hall–Kier alpha value is -0.820. The molecule has 1 N–H and O–H groups in total. The van der Waals surface area contributed by atoms with E-state index in [0.29, 0.717) is 0 Å². The quantitative estimate of drug-likeness (QED) is 0.728. The molecule has 1 aromatic rings. The van der Waals surface area contributed by atoms with Gasteiger partial charge in [0.2, 0.25) is 0 Å². The van der Waals surface area contributed by atoms with E-state index in [1.54, 1.807) is 5.56 Å². The lowest BCUT2D eigenvalue weighted by molar-refractivity contribution is 0.275. The molecular formula is C19H29N. The largest absolute Gasteiger partial charge is 0.313 e. The van der Waals surface area contributed by atoms with Crippen LogP contribution in [0.2, 0.25) is 0 Å². The summed E-state index contributed by atoms with van der Waals surface area (Å²) in [6.07, 6.45) is 9.99. The lowest BCUT2D eigenvalue weighted by Crippen LogP contribution is -2.20. The minimum atomic E-state index is 0.880. The first-order valence-electron chi connectivity index (χ1n) is 8.61. The van der Waals surface area contributed by atoms with Crippen molar-refractivity contribution in [3.8, 4) is 0 Å². The first-order valence-corrected chi connectivity index (χ1v) is 8.61. The zero-order chi connectivity index (χ0) is 13.8. The number of rotatable bonds is 6. The highest BCUT2D eigenvalue weighted by Gasteiger charge is 2.22. The normalized spacial score (nSPS) is 26.6. The molecule has 110 valence electrons. The maximum atomic E-state index is 3.62. The highest BCUT2D eigenvalue weighted by atomic mass is 14.8.